The van der Waals surface area contributed by atoms with Gasteiger partial charge < -0.3 is 9.84 Å². The molecule has 0 radical (unpaired) electrons. The average molecular weight is 214 g/mol. The van der Waals surface area contributed by atoms with Crippen molar-refractivity contribution in [2.24, 2.45) is 0 Å². The maximum Gasteiger partial charge on any atom is 0.213 e. The number of hydrogen-bond donors (Lipinski definition) is 1. The molecule has 0 aliphatic rings. The highest BCUT2D eigenvalue weighted by Crippen LogP contribution is 2.02. The Morgan fingerprint density at radius 2 is 2.06 bits per heavy atom. The first-order valence-corrected chi connectivity index (χ1v) is 4.83. The molecule has 1 aromatic carbocycles. The highest BCUT2D eigenvalue weighted by Gasteiger charge is 1.98. The van der Waals surface area contributed by atoms with E-state index in [4.69, 9.17) is 5.26 Å². The van der Waals surface area contributed by atoms with Crippen molar-refractivity contribution in [2.45, 2.75) is 13.1 Å². The van der Waals surface area contributed by atoms with Gasteiger partial charge in [0, 0.05) is 6.54 Å². The average Bonchev–Trinajstić information content (AvgIpc) is 2.83. The van der Waals surface area contributed by atoms with Crippen molar-refractivity contribution in [3.05, 3.63) is 47.6 Å². The summed E-state index contributed by atoms with van der Waals surface area (Å²) >= 11 is 0. The Balaban J connectivity index is 1.83. The number of rotatable bonds is 4. The third-order valence-electron chi connectivity index (χ3n) is 2.10. The molecule has 1 aromatic heterocycles. The van der Waals surface area contributed by atoms with Gasteiger partial charge in [-0.1, -0.05) is 17.3 Å². The van der Waals surface area contributed by atoms with E-state index in [9.17, 15) is 0 Å². The van der Waals surface area contributed by atoms with Gasteiger partial charge in [0.1, 0.15) is 0 Å². The van der Waals surface area contributed by atoms with Crippen LogP contribution in [-0.2, 0) is 13.1 Å². The number of nitriles is 1. The van der Waals surface area contributed by atoms with Crippen LogP contribution >= 0.6 is 0 Å². The predicted octanol–water partition coefficient (Wildman–Crippen LogP) is 1.23. The van der Waals surface area contributed by atoms with Gasteiger partial charge in [-0.3, -0.25) is 0 Å². The van der Waals surface area contributed by atoms with Gasteiger partial charge in [-0.05, 0) is 17.7 Å². The highest BCUT2D eigenvalue weighted by molar-refractivity contribution is 5.31. The molecule has 0 fully saturated rings. The van der Waals surface area contributed by atoms with E-state index in [1.807, 2.05) is 12.1 Å². The largest absolute Gasteiger partial charge is 0.343 e. The summed E-state index contributed by atoms with van der Waals surface area (Å²) in [5.74, 6) is 0.633. The van der Waals surface area contributed by atoms with E-state index in [1.54, 1.807) is 12.1 Å². The van der Waals surface area contributed by atoms with Gasteiger partial charge in [0.25, 0.3) is 0 Å². The Bertz CT molecular complexity index is 470. The van der Waals surface area contributed by atoms with Crippen LogP contribution in [0.15, 0.2) is 35.2 Å². The molecule has 0 atom stereocenters. The van der Waals surface area contributed by atoms with Crippen molar-refractivity contribution in [1.29, 1.82) is 5.26 Å². The minimum Gasteiger partial charge on any atom is -0.343 e. The fraction of sp³-hybridized carbons (Fsp3) is 0.182. The molecular formula is C11H10N4O. The van der Waals surface area contributed by atoms with Gasteiger partial charge in [-0.25, -0.2) is 0 Å². The van der Waals surface area contributed by atoms with E-state index >= 15 is 0 Å². The molecule has 1 N–H and O–H groups in total. The van der Waals surface area contributed by atoms with Gasteiger partial charge in [0.2, 0.25) is 6.39 Å². The Hall–Kier alpha value is -2.19. The standard InChI is InChI=1S/C11H10N4O/c12-5-9-1-3-10(4-2-9)6-13-7-11-14-8-16-15-11/h1-4,8,13H,6-7H2. The third-order valence-corrected chi connectivity index (χ3v) is 2.10. The monoisotopic (exact) mass is 214 g/mol. The summed E-state index contributed by atoms with van der Waals surface area (Å²) in [6.07, 6.45) is 1.30. The molecule has 2 rings (SSSR count). The lowest BCUT2D eigenvalue weighted by Gasteiger charge is -2.01. The minimum atomic E-state index is 0.566. The van der Waals surface area contributed by atoms with Gasteiger partial charge >= 0.3 is 0 Å². The summed E-state index contributed by atoms with van der Waals surface area (Å²) < 4.78 is 4.61. The molecule has 2 aromatic rings. The summed E-state index contributed by atoms with van der Waals surface area (Å²) in [6, 6.07) is 9.51. The summed E-state index contributed by atoms with van der Waals surface area (Å²) in [4.78, 5) is 3.89. The first-order valence-electron chi connectivity index (χ1n) is 4.83. The molecule has 0 saturated heterocycles. The van der Waals surface area contributed by atoms with Crippen molar-refractivity contribution in [3.8, 4) is 6.07 Å². The fourth-order valence-electron chi connectivity index (χ4n) is 1.29. The highest BCUT2D eigenvalue weighted by atomic mass is 16.5. The summed E-state index contributed by atoms with van der Waals surface area (Å²) in [7, 11) is 0. The Labute approximate surface area is 92.7 Å². The van der Waals surface area contributed by atoms with Gasteiger partial charge in [0.15, 0.2) is 5.82 Å². The van der Waals surface area contributed by atoms with Crippen LogP contribution in [0.1, 0.15) is 17.0 Å². The van der Waals surface area contributed by atoms with Crippen LogP contribution in [-0.4, -0.2) is 10.1 Å². The van der Waals surface area contributed by atoms with Crippen molar-refractivity contribution in [2.75, 3.05) is 0 Å². The second-order valence-electron chi connectivity index (χ2n) is 3.26. The van der Waals surface area contributed by atoms with E-state index in [0.29, 0.717) is 24.5 Å². The SMILES string of the molecule is N#Cc1ccc(CNCc2ncon2)cc1. The lowest BCUT2D eigenvalue weighted by molar-refractivity contribution is 0.407. The summed E-state index contributed by atoms with van der Waals surface area (Å²) in [6.45, 7) is 1.27. The fourth-order valence-corrected chi connectivity index (χ4v) is 1.29. The lowest BCUT2D eigenvalue weighted by Crippen LogP contribution is -2.13. The van der Waals surface area contributed by atoms with Crippen molar-refractivity contribution >= 4 is 0 Å². The zero-order valence-corrected chi connectivity index (χ0v) is 8.55. The molecule has 0 spiro atoms. The summed E-state index contributed by atoms with van der Waals surface area (Å²) in [5, 5.41) is 15.5. The van der Waals surface area contributed by atoms with Crippen molar-refractivity contribution in [3.63, 3.8) is 0 Å². The molecule has 0 saturated carbocycles. The molecular weight excluding hydrogens is 204 g/mol. The minimum absolute atomic E-state index is 0.566. The van der Waals surface area contributed by atoms with Crippen LogP contribution in [0, 0.1) is 11.3 Å². The van der Waals surface area contributed by atoms with Crippen LogP contribution in [0.2, 0.25) is 0 Å². The Kier molecular flexibility index (Phi) is 3.26. The molecule has 1 heterocycles. The van der Waals surface area contributed by atoms with E-state index in [1.165, 1.54) is 6.39 Å². The van der Waals surface area contributed by atoms with Crippen LogP contribution in [0.3, 0.4) is 0 Å². The van der Waals surface area contributed by atoms with Crippen molar-refractivity contribution < 1.29 is 4.52 Å². The maximum atomic E-state index is 8.64. The van der Waals surface area contributed by atoms with Crippen LogP contribution < -0.4 is 5.32 Å². The molecule has 0 aliphatic carbocycles. The molecule has 5 heteroatoms. The first kappa shape index (κ1) is 10.3. The van der Waals surface area contributed by atoms with E-state index in [0.717, 1.165) is 5.56 Å². The maximum absolute atomic E-state index is 8.64. The second kappa shape index (κ2) is 5.05. The molecule has 5 nitrogen and oxygen atoms in total. The Morgan fingerprint density at radius 1 is 1.25 bits per heavy atom. The van der Waals surface area contributed by atoms with Crippen LogP contribution in [0.5, 0.6) is 0 Å². The number of nitrogens with one attached hydrogen (secondary N) is 1. The molecule has 0 unspecified atom stereocenters. The molecule has 0 amide bonds. The second-order valence-corrected chi connectivity index (χ2v) is 3.26. The zero-order valence-electron chi connectivity index (χ0n) is 8.55. The lowest BCUT2D eigenvalue weighted by atomic mass is 10.1. The quantitative estimate of drug-likeness (QED) is 0.828. The van der Waals surface area contributed by atoms with Crippen molar-refractivity contribution in [1.82, 2.24) is 15.5 Å². The van der Waals surface area contributed by atoms with E-state index in [-0.39, 0.29) is 0 Å². The van der Waals surface area contributed by atoms with Crippen LogP contribution in [0.4, 0.5) is 0 Å². The van der Waals surface area contributed by atoms with E-state index < -0.39 is 0 Å². The molecule has 0 bridgehead atoms. The number of hydrogen-bond acceptors (Lipinski definition) is 5. The van der Waals surface area contributed by atoms with Gasteiger partial charge in [-0.15, -0.1) is 0 Å². The molecule has 16 heavy (non-hydrogen) atoms. The first-order chi connectivity index (χ1) is 7.88. The molecule has 0 aliphatic heterocycles. The van der Waals surface area contributed by atoms with Gasteiger partial charge in [-0.2, -0.15) is 10.2 Å². The molecule has 80 valence electrons. The predicted molar refractivity (Wildman–Crippen MR) is 56.0 cm³/mol. The zero-order chi connectivity index (χ0) is 11.2. The topological polar surface area (TPSA) is 74.7 Å². The smallest absolute Gasteiger partial charge is 0.213 e. The van der Waals surface area contributed by atoms with Crippen LogP contribution in [0.25, 0.3) is 0 Å². The number of aromatic nitrogens is 2. The van der Waals surface area contributed by atoms with Gasteiger partial charge in [0.05, 0.1) is 18.2 Å². The Morgan fingerprint density at radius 3 is 2.69 bits per heavy atom. The normalized spacial score (nSPS) is 9.94. The number of nitrogens with zero attached hydrogens (tertiary/aromatic N) is 3. The third kappa shape index (κ3) is 2.65. The summed E-state index contributed by atoms with van der Waals surface area (Å²) in [5.41, 5.74) is 1.78. The number of benzene rings is 1. The van der Waals surface area contributed by atoms with E-state index in [2.05, 4.69) is 26.0 Å².